The number of hydrogen-bond donors (Lipinski definition) is 2. The SMILES string of the molecule is O=C(Nc1ccc(OC(F)(F)C(F)F)c(NC(=O)c2ccc(F)cc2)c1)c1ccc(F)cc1. The summed E-state index contributed by atoms with van der Waals surface area (Å²) in [6.45, 7) is 0. The van der Waals surface area contributed by atoms with Gasteiger partial charge in [0.2, 0.25) is 0 Å². The van der Waals surface area contributed by atoms with Crippen molar-refractivity contribution in [3.8, 4) is 5.75 Å². The summed E-state index contributed by atoms with van der Waals surface area (Å²) in [4.78, 5) is 24.7. The molecule has 0 aliphatic carbocycles. The van der Waals surface area contributed by atoms with E-state index in [0.717, 1.165) is 54.6 Å². The van der Waals surface area contributed by atoms with Gasteiger partial charge in [-0.1, -0.05) is 0 Å². The zero-order chi connectivity index (χ0) is 24.2. The van der Waals surface area contributed by atoms with Crippen LogP contribution in [0.25, 0.3) is 0 Å². The fraction of sp³-hybridized carbons (Fsp3) is 0.0909. The van der Waals surface area contributed by atoms with E-state index in [-0.39, 0.29) is 16.8 Å². The molecule has 11 heteroatoms. The first-order valence-corrected chi connectivity index (χ1v) is 9.18. The van der Waals surface area contributed by atoms with Crippen molar-refractivity contribution >= 4 is 23.2 Å². The summed E-state index contributed by atoms with van der Waals surface area (Å²) >= 11 is 0. The van der Waals surface area contributed by atoms with E-state index < -0.39 is 47.4 Å². The number of hydrogen-bond acceptors (Lipinski definition) is 3. The summed E-state index contributed by atoms with van der Waals surface area (Å²) in [5, 5.41) is 4.60. The van der Waals surface area contributed by atoms with Gasteiger partial charge < -0.3 is 15.4 Å². The summed E-state index contributed by atoms with van der Waals surface area (Å²) in [5.74, 6) is -3.59. The van der Waals surface area contributed by atoms with Crippen LogP contribution in [0.2, 0.25) is 0 Å². The Morgan fingerprint density at radius 1 is 0.758 bits per heavy atom. The van der Waals surface area contributed by atoms with Crippen LogP contribution in [0, 0.1) is 11.6 Å². The second-order valence-electron chi connectivity index (χ2n) is 6.60. The predicted molar refractivity (Wildman–Crippen MR) is 107 cm³/mol. The van der Waals surface area contributed by atoms with E-state index in [1.807, 2.05) is 0 Å². The molecular formula is C22H14F6N2O3. The summed E-state index contributed by atoms with van der Waals surface area (Å²) in [6.07, 6.45) is -9.02. The van der Waals surface area contributed by atoms with Gasteiger partial charge >= 0.3 is 12.5 Å². The first-order valence-electron chi connectivity index (χ1n) is 9.18. The Morgan fingerprint density at radius 2 is 1.24 bits per heavy atom. The van der Waals surface area contributed by atoms with Gasteiger partial charge in [-0.15, -0.1) is 0 Å². The van der Waals surface area contributed by atoms with Crippen molar-refractivity contribution in [3.63, 3.8) is 0 Å². The molecule has 33 heavy (non-hydrogen) atoms. The van der Waals surface area contributed by atoms with Crippen LogP contribution in [-0.4, -0.2) is 24.3 Å². The van der Waals surface area contributed by atoms with Gasteiger partial charge in [-0.05, 0) is 66.7 Å². The van der Waals surface area contributed by atoms with Crippen LogP contribution < -0.4 is 15.4 Å². The number of ether oxygens (including phenoxy) is 1. The lowest BCUT2D eigenvalue weighted by Gasteiger charge is -2.20. The lowest BCUT2D eigenvalue weighted by atomic mass is 10.1. The van der Waals surface area contributed by atoms with E-state index in [4.69, 9.17) is 0 Å². The van der Waals surface area contributed by atoms with Gasteiger partial charge in [0.15, 0.2) is 0 Å². The lowest BCUT2D eigenvalue weighted by molar-refractivity contribution is -0.252. The van der Waals surface area contributed by atoms with Crippen LogP contribution in [0.4, 0.5) is 37.7 Å². The Morgan fingerprint density at radius 3 is 1.73 bits per heavy atom. The zero-order valence-electron chi connectivity index (χ0n) is 16.4. The van der Waals surface area contributed by atoms with Crippen LogP contribution in [0.5, 0.6) is 5.75 Å². The Kier molecular flexibility index (Phi) is 6.90. The molecule has 2 N–H and O–H groups in total. The van der Waals surface area contributed by atoms with Crippen molar-refractivity contribution in [1.29, 1.82) is 0 Å². The maximum atomic E-state index is 13.5. The standard InChI is InChI=1S/C22H14F6N2O3/c23-14-5-1-12(2-6-14)19(31)29-16-9-10-18(33-22(27,28)21(25)26)17(11-16)30-20(32)13-3-7-15(24)8-4-13/h1-11,21H,(H,29,31)(H,30,32). The minimum absolute atomic E-state index is 0.0218. The van der Waals surface area contributed by atoms with E-state index in [1.54, 1.807) is 0 Å². The molecule has 3 aromatic carbocycles. The second kappa shape index (κ2) is 9.63. The van der Waals surface area contributed by atoms with Crippen molar-refractivity contribution in [2.45, 2.75) is 12.5 Å². The molecule has 0 atom stereocenters. The predicted octanol–water partition coefficient (Wildman–Crippen LogP) is 5.71. The first kappa shape index (κ1) is 23.6. The van der Waals surface area contributed by atoms with Gasteiger partial charge in [-0.3, -0.25) is 9.59 Å². The highest BCUT2D eigenvalue weighted by Gasteiger charge is 2.44. The molecule has 0 spiro atoms. The normalized spacial score (nSPS) is 11.2. The van der Waals surface area contributed by atoms with Crippen LogP contribution in [0.1, 0.15) is 20.7 Å². The maximum Gasteiger partial charge on any atom is 0.461 e. The molecule has 0 radical (unpaired) electrons. The number of carbonyl (C=O) groups is 2. The third-order valence-electron chi connectivity index (χ3n) is 4.20. The van der Waals surface area contributed by atoms with Crippen molar-refractivity contribution in [3.05, 3.63) is 89.5 Å². The third-order valence-corrected chi connectivity index (χ3v) is 4.20. The summed E-state index contributed by atoms with van der Waals surface area (Å²) in [7, 11) is 0. The van der Waals surface area contributed by atoms with E-state index in [9.17, 15) is 35.9 Å². The van der Waals surface area contributed by atoms with Crippen molar-refractivity contribution in [1.82, 2.24) is 0 Å². The van der Waals surface area contributed by atoms with Crippen LogP contribution in [-0.2, 0) is 0 Å². The number of halogens is 6. The molecule has 5 nitrogen and oxygen atoms in total. The minimum Gasteiger partial charge on any atom is -0.426 e. The molecule has 0 bridgehead atoms. The molecule has 0 aromatic heterocycles. The number of rotatable bonds is 7. The fourth-order valence-corrected chi connectivity index (χ4v) is 2.59. The van der Waals surface area contributed by atoms with Crippen LogP contribution in [0.3, 0.4) is 0 Å². The average Bonchev–Trinajstić information content (AvgIpc) is 2.76. The van der Waals surface area contributed by atoms with E-state index in [0.29, 0.717) is 0 Å². The van der Waals surface area contributed by atoms with Crippen molar-refractivity contribution in [2.24, 2.45) is 0 Å². The number of anilines is 2. The van der Waals surface area contributed by atoms with Gasteiger partial charge in [0.05, 0.1) is 5.69 Å². The summed E-state index contributed by atoms with van der Waals surface area (Å²) < 4.78 is 82.3. The van der Waals surface area contributed by atoms with Crippen molar-refractivity contribution < 1.29 is 40.7 Å². The number of benzene rings is 3. The zero-order valence-corrected chi connectivity index (χ0v) is 16.4. The van der Waals surface area contributed by atoms with Gasteiger partial charge in [-0.25, -0.2) is 8.78 Å². The Bertz CT molecular complexity index is 1150. The van der Waals surface area contributed by atoms with Gasteiger partial charge in [0.1, 0.15) is 17.4 Å². The smallest absolute Gasteiger partial charge is 0.426 e. The Labute approximate surface area is 183 Å². The van der Waals surface area contributed by atoms with E-state index in [1.165, 1.54) is 12.1 Å². The van der Waals surface area contributed by atoms with E-state index in [2.05, 4.69) is 15.4 Å². The molecule has 0 saturated heterocycles. The highest BCUT2D eigenvalue weighted by atomic mass is 19.3. The Hall–Kier alpha value is -4.02. The Balaban J connectivity index is 1.90. The molecule has 0 heterocycles. The molecule has 2 amide bonds. The lowest BCUT2D eigenvalue weighted by Crippen LogP contribution is -2.33. The number of amides is 2. The quantitative estimate of drug-likeness (QED) is 0.437. The molecule has 0 saturated carbocycles. The topological polar surface area (TPSA) is 67.4 Å². The average molecular weight is 468 g/mol. The highest BCUT2D eigenvalue weighted by molar-refractivity contribution is 6.07. The molecule has 3 rings (SSSR count). The molecule has 0 unspecified atom stereocenters. The van der Waals surface area contributed by atoms with Crippen LogP contribution in [0.15, 0.2) is 66.7 Å². The molecule has 172 valence electrons. The number of nitrogens with one attached hydrogen (secondary N) is 2. The van der Waals surface area contributed by atoms with Gasteiger partial charge in [-0.2, -0.15) is 17.6 Å². The summed E-state index contributed by atoms with van der Waals surface area (Å²) in [6, 6.07) is 11.6. The van der Waals surface area contributed by atoms with Gasteiger partial charge in [0.25, 0.3) is 11.8 Å². The van der Waals surface area contributed by atoms with E-state index >= 15 is 0 Å². The number of alkyl halides is 4. The molecule has 0 aliphatic rings. The fourth-order valence-electron chi connectivity index (χ4n) is 2.59. The second-order valence-corrected chi connectivity index (χ2v) is 6.60. The van der Waals surface area contributed by atoms with Gasteiger partial charge in [0, 0.05) is 16.8 Å². The monoisotopic (exact) mass is 468 g/mol. The van der Waals surface area contributed by atoms with Crippen molar-refractivity contribution in [2.75, 3.05) is 10.6 Å². The summed E-state index contributed by atoms with van der Waals surface area (Å²) in [5.41, 5.74) is -0.491. The maximum absolute atomic E-state index is 13.5. The third kappa shape index (κ3) is 6.03. The van der Waals surface area contributed by atoms with Crippen LogP contribution >= 0.6 is 0 Å². The molecule has 0 aliphatic heterocycles. The molecule has 0 fully saturated rings. The highest BCUT2D eigenvalue weighted by Crippen LogP contribution is 2.35. The molecule has 3 aromatic rings. The number of carbonyl (C=O) groups excluding carboxylic acids is 2. The molecular weight excluding hydrogens is 454 g/mol. The first-order chi connectivity index (χ1) is 15.5. The largest absolute Gasteiger partial charge is 0.461 e. The minimum atomic E-state index is -4.87.